The van der Waals surface area contributed by atoms with E-state index >= 15 is 0 Å². The molecule has 0 saturated carbocycles. The van der Waals surface area contributed by atoms with Gasteiger partial charge in [0.25, 0.3) is 0 Å². The van der Waals surface area contributed by atoms with Crippen LogP contribution >= 0.6 is 34.6 Å². The van der Waals surface area contributed by atoms with E-state index in [4.69, 9.17) is 0 Å². The van der Waals surface area contributed by atoms with Crippen molar-refractivity contribution in [2.45, 2.75) is 16.3 Å². The first-order valence-electron chi connectivity index (χ1n) is 4.67. The van der Waals surface area contributed by atoms with Crippen molar-refractivity contribution >= 4 is 45.9 Å². The van der Waals surface area contributed by atoms with E-state index in [2.05, 4.69) is 14.3 Å². The van der Waals surface area contributed by atoms with Gasteiger partial charge in [-0.05, 0) is 30.2 Å². The van der Waals surface area contributed by atoms with Crippen molar-refractivity contribution < 1.29 is 4.79 Å². The highest BCUT2D eigenvalue weighted by molar-refractivity contribution is 8.01. The Balaban J connectivity index is 2.04. The van der Waals surface area contributed by atoms with Crippen LogP contribution in [0.1, 0.15) is 16.3 Å². The van der Waals surface area contributed by atoms with Crippen molar-refractivity contribution in [3.05, 3.63) is 23.1 Å². The van der Waals surface area contributed by atoms with E-state index < -0.39 is 0 Å². The molecule has 0 fully saturated rings. The number of nitrogens with zero attached hydrogens (tertiary/aromatic N) is 4. The van der Waals surface area contributed by atoms with Gasteiger partial charge < -0.3 is 0 Å². The Hall–Kier alpha value is -1.25. The zero-order valence-corrected chi connectivity index (χ0v) is 11.1. The molecule has 0 aliphatic rings. The second-order valence-corrected chi connectivity index (χ2v) is 6.05. The molecular formula is C9H6N4OS3. The molecule has 0 N–H and O–H groups in total. The van der Waals surface area contributed by atoms with Gasteiger partial charge in [-0.3, -0.25) is 9.20 Å². The van der Waals surface area contributed by atoms with Gasteiger partial charge in [0.15, 0.2) is 15.6 Å². The van der Waals surface area contributed by atoms with Crippen molar-refractivity contribution in [1.82, 2.24) is 18.7 Å². The maximum absolute atomic E-state index is 11.1. The predicted octanol–water partition coefficient (Wildman–Crippen LogP) is 2.52. The molecule has 3 heterocycles. The number of hydrogen-bond donors (Lipinski definition) is 0. The molecule has 0 unspecified atom stereocenters. The molecule has 0 radical (unpaired) electrons. The highest BCUT2D eigenvalue weighted by Crippen LogP contribution is 2.31. The van der Waals surface area contributed by atoms with E-state index in [-0.39, 0.29) is 0 Å². The Morgan fingerprint density at radius 2 is 2.35 bits per heavy atom. The van der Waals surface area contributed by atoms with Crippen molar-refractivity contribution in [3.63, 3.8) is 0 Å². The lowest BCUT2D eigenvalue weighted by Gasteiger charge is -1.92. The van der Waals surface area contributed by atoms with Crippen LogP contribution in [-0.4, -0.2) is 25.0 Å². The zero-order valence-electron chi connectivity index (χ0n) is 8.65. The monoisotopic (exact) mass is 282 g/mol. The molecule has 0 aromatic carbocycles. The molecule has 0 spiro atoms. The van der Waals surface area contributed by atoms with E-state index in [0.29, 0.717) is 10.7 Å². The molecule has 5 nitrogen and oxygen atoms in total. The summed E-state index contributed by atoms with van der Waals surface area (Å²) < 4.78 is 6.69. The van der Waals surface area contributed by atoms with Gasteiger partial charge in [0.2, 0.25) is 0 Å². The van der Waals surface area contributed by atoms with Crippen LogP contribution in [0.4, 0.5) is 0 Å². The molecule has 0 saturated heterocycles. The van der Waals surface area contributed by atoms with Crippen molar-refractivity contribution in [2.75, 3.05) is 0 Å². The Bertz CT molecular complexity index is 683. The Labute approximate surface area is 109 Å². The number of aldehydes is 1. The summed E-state index contributed by atoms with van der Waals surface area (Å²) in [4.78, 5) is 20.6. The topological polar surface area (TPSA) is 60.2 Å². The van der Waals surface area contributed by atoms with Gasteiger partial charge in [0.05, 0.1) is 0 Å². The fourth-order valence-corrected chi connectivity index (χ4v) is 3.79. The van der Waals surface area contributed by atoms with Crippen LogP contribution in [0.15, 0.2) is 20.9 Å². The van der Waals surface area contributed by atoms with Crippen LogP contribution in [-0.2, 0) is 0 Å². The van der Waals surface area contributed by atoms with Gasteiger partial charge in [-0.25, -0.2) is 9.97 Å². The number of aromatic nitrogens is 4. The van der Waals surface area contributed by atoms with Gasteiger partial charge in [0, 0.05) is 11.6 Å². The average Bonchev–Trinajstić information content (AvgIpc) is 2.95. The highest BCUT2D eigenvalue weighted by Gasteiger charge is 2.15. The van der Waals surface area contributed by atoms with Gasteiger partial charge in [-0.15, -0.1) is 11.3 Å². The van der Waals surface area contributed by atoms with Crippen molar-refractivity contribution in [2.24, 2.45) is 0 Å². The molecule has 0 atom stereocenters. The minimum atomic E-state index is 0.569. The number of thiazole rings is 1. The first-order valence-corrected chi connectivity index (χ1v) is 7.14. The molecule has 0 bridgehead atoms. The summed E-state index contributed by atoms with van der Waals surface area (Å²) in [5.41, 5.74) is 0.569. The fourth-order valence-electron chi connectivity index (χ4n) is 1.37. The maximum atomic E-state index is 11.1. The molecule has 17 heavy (non-hydrogen) atoms. The minimum Gasteiger partial charge on any atom is -0.296 e. The lowest BCUT2D eigenvalue weighted by atomic mass is 10.5. The Morgan fingerprint density at radius 3 is 3.06 bits per heavy atom. The normalized spacial score (nSPS) is 11.1. The summed E-state index contributed by atoms with van der Waals surface area (Å²) in [5.74, 6) is 0.742. The van der Waals surface area contributed by atoms with E-state index in [1.54, 1.807) is 4.40 Å². The molecule has 3 aromatic rings. The molecule has 0 aliphatic carbocycles. The Morgan fingerprint density at radius 1 is 1.47 bits per heavy atom. The van der Waals surface area contributed by atoms with Crippen molar-refractivity contribution in [1.29, 1.82) is 0 Å². The summed E-state index contributed by atoms with van der Waals surface area (Å²) in [6.07, 6.45) is 2.66. The predicted molar refractivity (Wildman–Crippen MR) is 67.2 cm³/mol. The van der Waals surface area contributed by atoms with Crippen molar-refractivity contribution in [3.8, 4) is 0 Å². The minimum absolute atomic E-state index is 0.569. The van der Waals surface area contributed by atoms with Crippen LogP contribution in [0.5, 0.6) is 0 Å². The third kappa shape index (κ3) is 1.88. The SMILES string of the molecule is Cc1nsc(Sc2nc3sccn3c2C=O)n1. The third-order valence-corrected chi connectivity index (χ3v) is 4.66. The smallest absolute Gasteiger partial charge is 0.195 e. The van der Waals surface area contributed by atoms with E-state index in [9.17, 15) is 4.79 Å². The first-order chi connectivity index (χ1) is 8.28. The molecular weight excluding hydrogens is 276 g/mol. The maximum Gasteiger partial charge on any atom is 0.195 e. The number of carbonyl (C=O) groups excluding carboxylic acids is 1. The van der Waals surface area contributed by atoms with Gasteiger partial charge in [0.1, 0.15) is 16.5 Å². The summed E-state index contributed by atoms with van der Waals surface area (Å²) >= 11 is 4.19. The van der Waals surface area contributed by atoms with Crippen LogP contribution in [0, 0.1) is 6.92 Å². The quantitative estimate of drug-likeness (QED) is 0.691. The molecule has 86 valence electrons. The summed E-state index contributed by atoms with van der Waals surface area (Å²) in [6, 6.07) is 0. The van der Waals surface area contributed by atoms with E-state index in [1.165, 1.54) is 34.6 Å². The highest BCUT2D eigenvalue weighted by atomic mass is 32.2. The second kappa shape index (κ2) is 4.21. The summed E-state index contributed by atoms with van der Waals surface area (Å²) in [7, 11) is 0. The van der Waals surface area contributed by atoms with Crippen LogP contribution in [0.25, 0.3) is 4.96 Å². The average molecular weight is 282 g/mol. The van der Waals surface area contributed by atoms with E-state index in [0.717, 1.165) is 21.4 Å². The van der Waals surface area contributed by atoms with E-state index in [1.807, 2.05) is 18.5 Å². The third-order valence-electron chi connectivity index (χ3n) is 2.07. The van der Waals surface area contributed by atoms with Crippen LogP contribution < -0.4 is 0 Å². The lowest BCUT2D eigenvalue weighted by Crippen LogP contribution is -1.88. The number of rotatable bonds is 3. The second-order valence-electron chi connectivity index (χ2n) is 3.19. The van der Waals surface area contributed by atoms with Gasteiger partial charge in [-0.1, -0.05) is 0 Å². The Kier molecular flexibility index (Phi) is 2.69. The first kappa shape index (κ1) is 10.9. The van der Waals surface area contributed by atoms with Crippen LogP contribution in [0.3, 0.4) is 0 Å². The summed E-state index contributed by atoms with van der Waals surface area (Å²) in [6.45, 7) is 1.84. The number of aryl methyl sites for hydroxylation is 1. The number of imidazole rings is 1. The number of fused-ring (bicyclic) bond motifs is 1. The largest absolute Gasteiger partial charge is 0.296 e. The lowest BCUT2D eigenvalue weighted by molar-refractivity contribution is 0.111. The number of hydrogen-bond acceptors (Lipinski definition) is 7. The standard InChI is InChI=1S/C9H6N4OS3/c1-5-10-9(17-12-5)16-7-6(4-14)13-2-3-15-8(13)11-7/h2-4H,1H3. The van der Waals surface area contributed by atoms with Gasteiger partial charge in [-0.2, -0.15) is 4.37 Å². The van der Waals surface area contributed by atoms with Gasteiger partial charge >= 0.3 is 0 Å². The zero-order chi connectivity index (χ0) is 11.8. The molecule has 3 rings (SSSR count). The fraction of sp³-hybridized carbons (Fsp3) is 0.111. The molecule has 8 heteroatoms. The molecule has 3 aromatic heterocycles. The van der Waals surface area contributed by atoms with Crippen LogP contribution in [0.2, 0.25) is 0 Å². The molecule has 0 aliphatic heterocycles. The summed E-state index contributed by atoms with van der Waals surface area (Å²) in [5, 5.41) is 2.58. The molecule has 0 amide bonds. The number of carbonyl (C=O) groups is 1.